The Kier molecular flexibility index (Phi) is 5.98. The normalized spacial score (nSPS) is 10.7. The molecule has 0 unspecified atom stereocenters. The lowest BCUT2D eigenvalue weighted by atomic mass is 10.1. The van der Waals surface area contributed by atoms with Gasteiger partial charge in [0.1, 0.15) is 0 Å². The summed E-state index contributed by atoms with van der Waals surface area (Å²) in [5.74, 6) is 1.92. The number of benzene rings is 2. The molecule has 142 valence electrons. The fourth-order valence-corrected chi connectivity index (χ4v) is 3.05. The van der Waals surface area contributed by atoms with Gasteiger partial charge in [-0.25, -0.2) is 0 Å². The van der Waals surface area contributed by atoms with Gasteiger partial charge in [-0.05, 0) is 18.6 Å². The van der Waals surface area contributed by atoms with Crippen molar-refractivity contribution in [3.63, 3.8) is 0 Å². The molecule has 2 aromatic carbocycles. The van der Waals surface area contributed by atoms with Gasteiger partial charge in [0.05, 0.1) is 33.2 Å². The van der Waals surface area contributed by atoms with E-state index in [0.717, 1.165) is 22.4 Å². The Morgan fingerprint density at radius 2 is 1.56 bits per heavy atom. The Hall–Kier alpha value is -2.99. The fraction of sp³-hybridized carbons (Fsp3) is 0.286. The van der Waals surface area contributed by atoms with Gasteiger partial charge in [0, 0.05) is 24.2 Å². The Morgan fingerprint density at radius 1 is 0.852 bits per heavy atom. The highest BCUT2D eigenvalue weighted by molar-refractivity contribution is 5.63. The highest BCUT2D eigenvalue weighted by Crippen LogP contribution is 2.39. The van der Waals surface area contributed by atoms with Gasteiger partial charge in [-0.15, -0.1) is 0 Å². The van der Waals surface area contributed by atoms with E-state index in [-0.39, 0.29) is 0 Å². The quantitative estimate of drug-likeness (QED) is 0.635. The molecule has 6 heteroatoms. The van der Waals surface area contributed by atoms with E-state index in [2.05, 4.69) is 46.7 Å². The van der Waals surface area contributed by atoms with E-state index in [1.54, 1.807) is 21.3 Å². The van der Waals surface area contributed by atoms with Crippen LogP contribution in [0.2, 0.25) is 0 Å². The molecule has 1 heterocycles. The second kappa shape index (κ2) is 8.60. The number of ether oxygens (including phenoxy) is 3. The predicted molar refractivity (Wildman–Crippen MR) is 105 cm³/mol. The summed E-state index contributed by atoms with van der Waals surface area (Å²) in [6.07, 6.45) is 1.86. The van der Waals surface area contributed by atoms with Gasteiger partial charge in [0.2, 0.25) is 5.75 Å². The molecule has 27 heavy (non-hydrogen) atoms. The average molecular weight is 367 g/mol. The fourth-order valence-electron chi connectivity index (χ4n) is 3.05. The molecule has 0 saturated heterocycles. The second-order valence-corrected chi connectivity index (χ2v) is 6.23. The first-order valence-corrected chi connectivity index (χ1v) is 8.75. The molecule has 6 nitrogen and oxygen atoms in total. The topological polar surface area (TPSA) is 68.4 Å². The van der Waals surface area contributed by atoms with Crippen molar-refractivity contribution in [1.82, 2.24) is 15.5 Å². The molecule has 0 radical (unpaired) electrons. The SMILES string of the molecule is COc1ccc(CNCc2cn[nH]c2-c2ccc(C)cc2)c(OC)c1OC. The molecule has 0 spiro atoms. The third-order valence-corrected chi connectivity index (χ3v) is 4.47. The van der Waals surface area contributed by atoms with Crippen LogP contribution >= 0.6 is 0 Å². The summed E-state index contributed by atoms with van der Waals surface area (Å²) in [7, 11) is 4.85. The third kappa shape index (κ3) is 4.06. The number of aromatic amines is 1. The average Bonchev–Trinajstić information content (AvgIpc) is 3.16. The van der Waals surface area contributed by atoms with Gasteiger partial charge in [-0.3, -0.25) is 5.10 Å². The number of methoxy groups -OCH3 is 3. The van der Waals surface area contributed by atoms with E-state index in [1.807, 2.05) is 18.3 Å². The first kappa shape index (κ1) is 18.8. The first-order valence-electron chi connectivity index (χ1n) is 8.75. The molecule has 0 fully saturated rings. The molecule has 0 bridgehead atoms. The van der Waals surface area contributed by atoms with Crippen molar-refractivity contribution in [2.45, 2.75) is 20.0 Å². The summed E-state index contributed by atoms with van der Waals surface area (Å²) in [5, 5.41) is 10.8. The minimum absolute atomic E-state index is 0.600. The van der Waals surface area contributed by atoms with E-state index in [9.17, 15) is 0 Å². The largest absolute Gasteiger partial charge is 0.493 e. The van der Waals surface area contributed by atoms with Crippen LogP contribution in [0.25, 0.3) is 11.3 Å². The highest BCUT2D eigenvalue weighted by atomic mass is 16.5. The minimum Gasteiger partial charge on any atom is -0.493 e. The summed E-state index contributed by atoms with van der Waals surface area (Å²) < 4.78 is 16.3. The van der Waals surface area contributed by atoms with Crippen LogP contribution < -0.4 is 19.5 Å². The maximum Gasteiger partial charge on any atom is 0.203 e. The number of hydrogen-bond acceptors (Lipinski definition) is 5. The first-order chi connectivity index (χ1) is 13.2. The van der Waals surface area contributed by atoms with Gasteiger partial charge in [0.25, 0.3) is 0 Å². The summed E-state index contributed by atoms with van der Waals surface area (Å²) in [6, 6.07) is 12.3. The lowest BCUT2D eigenvalue weighted by molar-refractivity contribution is 0.321. The van der Waals surface area contributed by atoms with Crippen LogP contribution in [0.4, 0.5) is 0 Å². The summed E-state index contributed by atoms with van der Waals surface area (Å²) in [4.78, 5) is 0. The van der Waals surface area contributed by atoms with Crippen LogP contribution in [0.1, 0.15) is 16.7 Å². The highest BCUT2D eigenvalue weighted by Gasteiger charge is 2.15. The Bertz CT molecular complexity index is 888. The number of rotatable bonds is 8. The van der Waals surface area contributed by atoms with E-state index in [4.69, 9.17) is 14.2 Å². The van der Waals surface area contributed by atoms with Crippen LogP contribution in [0.3, 0.4) is 0 Å². The molecule has 3 aromatic rings. The lowest BCUT2D eigenvalue weighted by Crippen LogP contribution is -2.14. The molecular formula is C21H25N3O3. The van der Waals surface area contributed by atoms with Gasteiger partial charge < -0.3 is 19.5 Å². The monoisotopic (exact) mass is 367 g/mol. The van der Waals surface area contributed by atoms with E-state index in [0.29, 0.717) is 30.3 Å². The standard InChI is InChI=1S/C21H25N3O3/c1-14-5-7-15(8-6-14)19-17(13-23-24-19)12-22-11-16-9-10-18(25-2)21(27-4)20(16)26-3/h5-10,13,22H,11-12H2,1-4H3,(H,23,24). The van der Waals surface area contributed by atoms with Gasteiger partial charge in [0.15, 0.2) is 11.5 Å². The number of H-pyrrole nitrogens is 1. The number of nitrogens with zero attached hydrogens (tertiary/aromatic N) is 1. The van der Waals surface area contributed by atoms with Crippen molar-refractivity contribution in [2.24, 2.45) is 0 Å². The maximum atomic E-state index is 5.54. The van der Waals surface area contributed by atoms with Crippen molar-refractivity contribution < 1.29 is 14.2 Å². The van der Waals surface area contributed by atoms with Gasteiger partial charge >= 0.3 is 0 Å². The Labute approximate surface area is 159 Å². The molecule has 0 aliphatic heterocycles. The molecule has 0 aliphatic rings. The van der Waals surface area contributed by atoms with Crippen molar-refractivity contribution >= 4 is 0 Å². The molecule has 0 atom stereocenters. The maximum absolute atomic E-state index is 5.54. The van der Waals surface area contributed by atoms with Gasteiger partial charge in [-0.2, -0.15) is 5.10 Å². The third-order valence-electron chi connectivity index (χ3n) is 4.47. The van der Waals surface area contributed by atoms with Crippen LogP contribution in [0, 0.1) is 6.92 Å². The minimum atomic E-state index is 0.600. The Balaban J connectivity index is 1.73. The van der Waals surface area contributed by atoms with Crippen LogP contribution in [-0.2, 0) is 13.1 Å². The summed E-state index contributed by atoms with van der Waals surface area (Å²) >= 11 is 0. The molecule has 0 aliphatic carbocycles. The lowest BCUT2D eigenvalue weighted by Gasteiger charge is -2.16. The smallest absolute Gasteiger partial charge is 0.203 e. The zero-order valence-electron chi connectivity index (χ0n) is 16.1. The second-order valence-electron chi connectivity index (χ2n) is 6.23. The molecule has 0 saturated carbocycles. The van der Waals surface area contributed by atoms with Gasteiger partial charge in [-0.1, -0.05) is 35.9 Å². The molecule has 1 aromatic heterocycles. The molecular weight excluding hydrogens is 342 g/mol. The predicted octanol–water partition coefficient (Wildman–Crippen LogP) is 3.70. The van der Waals surface area contributed by atoms with E-state index in [1.165, 1.54) is 5.56 Å². The van der Waals surface area contributed by atoms with E-state index >= 15 is 0 Å². The number of aryl methyl sites for hydroxylation is 1. The van der Waals surface area contributed by atoms with Crippen LogP contribution in [0.5, 0.6) is 17.2 Å². The van der Waals surface area contributed by atoms with Crippen LogP contribution in [0.15, 0.2) is 42.6 Å². The van der Waals surface area contributed by atoms with Crippen molar-refractivity contribution in [3.05, 3.63) is 59.3 Å². The number of nitrogens with one attached hydrogen (secondary N) is 2. The van der Waals surface area contributed by atoms with Crippen LogP contribution in [-0.4, -0.2) is 31.5 Å². The zero-order valence-corrected chi connectivity index (χ0v) is 16.1. The van der Waals surface area contributed by atoms with Crippen molar-refractivity contribution in [2.75, 3.05) is 21.3 Å². The van der Waals surface area contributed by atoms with E-state index < -0.39 is 0 Å². The Morgan fingerprint density at radius 3 is 2.22 bits per heavy atom. The molecule has 3 rings (SSSR count). The summed E-state index contributed by atoms with van der Waals surface area (Å²) in [5.41, 5.74) is 5.49. The summed E-state index contributed by atoms with van der Waals surface area (Å²) in [6.45, 7) is 3.38. The number of hydrogen-bond donors (Lipinski definition) is 2. The van der Waals surface area contributed by atoms with Crippen molar-refractivity contribution in [3.8, 4) is 28.5 Å². The molecule has 0 amide bonds. The zero-order chi connectivity index (χ0) is 19.2. The number of aromatic nitrogens is 2. The molecule has 2 N–H and O–H groups in total. The van der Waals surface area contributed by atoms with Crippen molar-refractivity contribution in [1.29, 1.82) is 0 Å².